The predicted molar refractivity (Wildman–Crippen MR) is 92.0 cm³/mol. The molecule has 1 N–H and O–H groups in total. The number of carbonyl (C=O) groups excluding carboxylic acids is 1. The van der Waals surface area contributed by atoms with E-state index in [4.69, 9.17) is 4.74 Å². The smallest absolute Gasteiger partial charge is 0.234 e. The van der Waals surface area contributed by atoms with Gasteiger partial charge in [-0.2, -0.15) is 0 Å². The van der Waals surface area contributed by atoms with Gasteiger partial charge in [0.25, 0.3) is 0 Å². The lowest BCUT2D eigenvalue weighted by molar-refractivity contribution is -0.119. The number of nitrogens with one attached hydrogen (secondary N) is 1. The lowest BCUT2D eigenvalue weighted by Gasteiger charge is -2.17. The van der Waals surface area contributed by atoms with Crippen LogP contribution >= 0.6 is 0 Å². The number of fused-ring (bicyclic) bond motifs is 2. The molecule has 6 heteroatoms. The Morgan fingerprint density at radius 3 is 2.96 bits per heavy atom. The first-order valence-corrected chi connectivity index (χ1v) is 7.94. The molecule has 0 saturated carbocycles. The van der Waals surface area contributed by atoms with Gasteiger partial charge in [-0.3, -0.25) is 9.78 Å². The molecule has 1 aliphatic rings. The number of hydrogen-bond acceptors (Lipinski definition) is 4. The second-order valence-corrected chi connectivity index (χ2v) is 5.93. The van der Waals surface area contributed by atoms with Gasteiger partial charge in [-0.25, -0.2) is 4.98 Å². The number of carbonyl (C=O) groups is 1. The topological polar surface area (TPSA) is 71.1 Å². The summed E-state index contributed by atoms with van der Waals surface area (Å²) in [6.07, 6.45) is 1.75. The number of anilines is 1. The Balaban J connectivity index is 1.80. The molecule has 6 nitrogen and oxygen atoms in total. The monoisotopic (exact) mass is 322 g/mol. The Labute approximate surface area is 139 Å². The molecule has 0 aliphatic carbocycles. The minimum atomic E-state index is -0.156. The van der Waals surface area contributed by atoms with Crippen molar-refractivity contribution in [1.82, 2.24) is 15.0 Å². The quantitative estimate of drug-likeness (QED) is 0.802. The highest BCUT2D eigenvalue weighted by Gasteiger charge is 2.34. The fraction of sp³-hybridized carbons (Fsp3) is 0.278. The summed E-state index contributed by atoms with van der Waals surface area (Å²) in [6.45, 7) is 3.00. The minimum absolute atomic E-state index is 0.111. The lowest BCUT2D eigenvalue weighted by atomic mass is 10.0. The Kier molecular flexibility index (Phi) is 3.54. The zero-order valence-electron chi connectivity index (χ0n) is 13.6. The Hall–Kier alpha value is -2.73. The third-order valence-electron chi connectivity index (χ3n) is 4.45. The van der Waals surface area contributed by atoms with Gasteiger partial charge in [0.05, 0.1) is 23.6 Å². The molecule has 122 valence electrons. The average Bonchev–Trinajstić information content (AvgIpc) is 3.13. The van der Waals surface area contributed by atoms with Gasteiger partial charge in [0, 0.05) is 25.5 Å². The predicted octanol–water partition coefficient (Wildman–Crippen LogP) is 2.72. The molecule has 0 fully saturated rings. The van der Waals surface area contributed by atoms with Crippen LogP contribution in [-0.2, 0) is 9.53 Å². The largest absolute Gasteiger partial charge is 0.383 e. The molecule has 0 radical (unpaired) electrons. The van der Waals surface area contributed by atoms with E-state index in [1.807, 2.05) is 37.3 Å². The summed E-state index contributed by atoms with van der Waals surface area (Å²) in [7, 11) is 1.64. The number of H-pyrrole nitrogens is 1. The van der Waals surface area contributed by atoms with Crippen molar-refractivity contribution in [1.29, 1.82) is 0 Å². The van der Waals surface area contributed by atoms with Gasteiger partial charge in [0.1, 0.15) is 5.69 Å². The number of ether oxygens (including phenoxy) is 1. The van der Waals surface area contributed by atoms with E-state index in [0.29, 0.717) is 13.2 Å². The molecular formula is C18H18N4O2. The molecule has 1 unspecified atom stereocenters. The molecule has 3 aromatic rings. The average molecular weight is 322 g/mol. The Bertz CT molecular complexity index is 904. The molecule has 1 aromatic carbocycles. The summed E-state index contributed by atoms with van der Waals surface area (Å²) in [5.41, 5.74) is 4.51. The van der Waals surface area contributed by atoms with Crippen molar-refractivity contribution < 1.29 is 9.53 Å². The molecule has 1 aliphatic heterocycles. The molecule has 1 amide bonds. The maximum absolute atomic E-state index is 12.5. The molecule has 0 saturated heterocycles. The van der Waals surface area contributed by atoms with E-state index in [0.717, 1.165) is 33.8 Å². The molecule has 24 heavy (non-hydrogen) atoms. The van der Waals surface area contributed by atoms with Crippen molar-refractivity contribution in [2.45, 2.75) is 12.8 Å². The van der Waals surface area contributed by atoms with Gasteiger partial charge < -0.3 is 14.6 Å². The van der Waals surface area contributed by atoms with E-state index in [-0.39, 0.29) is 11.8 Å². The zero-order chi connectivity index (χ0) is 16.7. The van der Waals surface area contributed by atoms with Crippen LogP contribution in [0.15, 0.2) is 36.5 Å². The van der Waals surface area contributed by atoms with E-state index in [9.17, 15) is 4.79 Å². The van der Waals surface area contributed by atoms with Crippen LogP contribution in [0, 0.1) is 0 Å². The van der Waals surface area contributed by atoms with E-state index in [2.05, 4.69) is 15.0 Å². The number of rotatable bonds is 4. The van der Waals surface area contributed by atoms with Gasteiger partial charge in [-0.15, -0.1) is 0 Å². The highest BCUT2D eigenvalue weighted by molar-refractivity contribution is 6.07. The van der Waals surface area contributed by atoms with Crippen LogP contribution in [0.4, 0.5) is 5.69 Å². The highest BCUT2D eigenvalue weighted by atomic mass is 16.5. The van der Waals surface area contributed by atoms with Crippen LogP contribution < -0.4 is 4.90 Å². The van der Waals surface area contributed by atoms with Gasteiger partial charge in [0.2, 0.25) is 5.91 Å². The van der Waals surface area contributed by atoms with Crippen LogP contribution in [0.25, 0.3) is 22.6 Å². The van der Waals surface area contributed by atoms with Crippen LogP contribution in [0.1, 0.15) is 18.4 Å². The highest BCUT2D eigenvalue weighted by Crippen LogP contribution is 2.39. The summed E-state index contributed by atoms with van der Waals surface area (Å²) in [6, 6.07) is 9.73. The molecule has 2 aromatic heterocycles. The molecule has 0 spiro atoms. The van der Waals surface area contributed by atoms with Crippen LogP contribution in [-0.4, -0.2) is 41.1 Å². The van der Waals surface area contributed by atoms with Gasteiger partial charge >= 0.3 is 0 Å². The van der Waals surface area contributed by atoms with Crippen molar-refractivity contribution in [2.75, 3.05) is 25.2 Å². The number of aromatic nitrogens is 3. The third-order valence-corrected chi connectivity index (χ3v) is 4.45. The lowest BCUT2D eigenvalue weighted by Crippen LogP contribution is -2.31. The number of pyridine rings is 1. The van der Waals surface area contributed by atoms with Crippen molar-refractivity contribution in [3.63, 3.8) is 0 Å². The summed E-state index contributed by atoms with van der Waals surface area (Å²) < 4.78 is 5.13. The fourth-order valence-electron chi connectivity index (χ4n) is 3.17. The van der Waals surface area contributed by atoms with Gasteiger partial charge in [0.15, 0.2) is 5.82 Å². The van der Waals surface area contributed by atoms with Gasteiger partial charge in [-0.05, 0) is 36.8 Å². The standard InChI is InChI=1S/C18H18N4O2/c1-11-12-9-14-15(10-16(12)22(18(11)23)7-8-24-2)21-17(20-14)13-5-3-4-6-19-13/h3-6,9-11H,7-8H2,1-2H3,(H,20,21). The second-order valence-electron chi connectivity index (χ2n) is 5.93. The van der Waals surface area contributed by atoms with Crippen molar-refractivity contribution in [3.05, 3.63) is 42.1 Å². The molecular weight excluding hydrogens is 304 g/mol. The molecule has 1 atom stereocenters. The summed E-state index contributed by atoms with van der Waals surface area (Å²) >= 11 is 0. The normalized spacial score (nSPS) is 16.8. The van der Waals surface area contributed by atoms with E-state index in [1.54, 1.807) is 18.2 Å². The summed E-state index contributed by atoms with van der Waals surface area (Å²) in [5, 5.41) is 0. The first kappa shape index (κ1) is 14.8. The fourth-order valence-corrected chi connectivity index (χ4v) is 3.17. The van der Waals surface area contributed by atoms with E-state index < -0.39 is 0 Å². The van der Waals surface area contributed by atoms with Gasteiger partial charge in [-0.1, -0.05) is 6.07 Å². The minimum Gasteiger partial charge on any atom is -0.383 e. The Morgan fingerprint density at radius 2 is 2.21 bits per heavy atom. The zero-order valence-corrected chi connectivity index (χ0v) is 13.6. The first-order valence-electron chi connectivity index (χ1n) is 7.94. The number of imidazole rings is 1. The number of nitrogens with zero attached hydrogens (tertiary/aromatic N) is 3. The van der Waals surface area contributed by atoms with E-state index >= 15 is 0 Å². The Morgan fingerprint density at radius 1 is 1.33 bits per heavy atom. The summed E-state index contributed by atoms with van der Waals surface area (Å²) in [5.74, 6) is 0.688. The number of benzene rings is 1. The third kappa shape index (κ3) is 2.27. The number of aromatic amines is 1. The van der Waals surface area contributed by atoms with Crippen molar-refractivity contribution in [3.8, 4) is 11.5 Å². The van der Waals surface area contributed by atoms with E-state index in [1.165, 1.54) is 0 Å². The SMILES string of the molecule is COCCN1C(=O)C(C)c2cc3nc(-c4ccccn4)[nH]c3cc21. The maximum atomic E-state index is 12.5. The van der Waals surface area contributed by atoms with Crippen LogP contribution in [0.2, 0.25) is 0 Å². The summed E-state index contributed by atoms with van der Waals surface area (Å²) in [4.78, 5) is 26.6. The van der Waals surface area contributed by atoms with Crippen LogP contribution in [0.5, 0.6) is 0 Å². The van der Waals surface area contributed by atoms with Crippen molar-refractivity contribution >= 4 is 22.6 Å². The number of amides is 1. The van der Waals surface area contributed by atoms with Crippen LogP contribution in [0.3, 0.4) is 0 Å². The number of methoxy groups -OCH3 is 1. The number of hydrogen-bond donors (Lipinski definition) is 1. The first-order chi connectivity index (χ1) is 11.7. The maximum Gasteiger partial charge on any atom is 0.234 e. The second kappa shape index (κ2) is 5.72. The molecule has 0 bridgehead atoms. The molecule has 4 rings (SSSR count). The molecule has 3 heterocycles. The van der Waals surface area contributed by atoms with Crippen molar-refractivity contribution in [2.24, 2.45) is 0 Å².